The number of amides is 1. The molecule has 0 radical (unpaired) electrons. The Bertz CT molecular complexity index is 1230. The Balaban J connectivity index is 1.39. The van der Waals surface area contributed by atoms with E-state index in [2.05, 4.69) is 15.3 Å². The number of nitro groups is 1. The van der Waals surface area contributed by atoms with E-state index >= 15 is 0 Å². The summed E-state index contributed by atoms with van der Waals surface area (Å²) < 4.78 is 7.30. The number of piperidine rings is 1. The van der Waals surface area contributed by atoms with Crippen LogP contribution in [0.1, 0.15) is 34.8 Å². The molecule has 2 aliphatic rings. The molecule has 1 N–H and O–H groups in total. The molecule has 0 spiro atoms. The maximum Gasteiger partial charge on any atom is 0.269 e. The Labute approximate surface area is 209 Å². The van der Waals surface area contributed by atoms with Crippen molar-refractivity contribution in [2.75, 3.05) is 51.3 Å². The van der Waals surface area contributed by atoms with Crippen LogP contribution in [0.2, 0.25) is 0 Å². The molecule has 0 aliphatic carbocycles. The number of hydrogen-bond acceptors (Lipinski definition) is 7. The Hall–Kier alpha value is -3.92. The van der Waals surface area contributed by atoms with E-state index in [1.54, 1.807) is 30.1 Å². The number of carbonyl (C=O) groups excluding carboxylic acids is 1. The van der Waals surface area contributed by atoms with Gasteiger partial charge in [0, 0.05) is 44.2 Å². The van der Waals surface area contributed by atoms with Crippen LogP contribution in [0.4, 0.5) is 11.4 Å². The Morgan fingerprint density at radius 2 is 1.75 bits per heavy atom. The quantitative estimate of drug-likeness (QED) is 0.418. The molecular formula is C26H30N6O4. The van der Waals surface area contributed by atoms with E-state index in [4.69, 9.17) is 4.74 Å². The van der Waals surface area contributed by atoms with Gasteiger partial charge in [-0.3, -0.25) is 14.9 Å². The van der Waals surface area contributed by atoms with E-state index in [0.29, 0.717) is 37.4 Å². The number of para-hydroxylation sites is 2. The molecule has 0 unspecified atom stereocenters. The van der Waals surface area contributed by atoms with E-state index < -0.39 is 4.92 Å². The second-order valence-corrected chi connectivity index (χ2v) is 9.10. The summed E-state index contributed by atoms with van der Waals surface area (Å²) in [5.74, 6) is 0.990. The highest BCUT2D eigenvalue weighted by Gasteiger charge is 2.31. The maximum absolute atomic E-state index is 13.7. The molecule has 0 atom stereocenters. The van der Waals surface area contributed by atoms with Gasteiger partial charge in [-0.25, -0.2) is 4.68 Å². The van der Waals surface area contributed by atoms with Crippen LogP contribution in [0.3, 0.4) is 0 Å². The highest BCUT2D eigenvalue weighted by atomic mass is 16.6. The fourth-order valence-electron chi connectivity index (χ4n) is 5.14. The summed E-state index contributed by atoms with van der Waals surface area (Å²) in [4.78, 5) is 28.6. The first-order valence-corrected chi connectivity index (χ1v) is 12.3. The van der Waals surface area contributed by atoms with Gasteiger partial charge in [0.2, 0.25) is 0 Å². The first-order valence-electron chi connectivity index (χ1n) is 12.3. The van der Waals surface area contributed by atoms with Gasteiger partial charge < -0.3 is 19.9 Å². The van der Waals surface area contributed by atoms with Gasteiger partial charge in [0.1, 0.15) is 5.75 Å². The van der Waals surface area contributed by atoms with E-state index in [1.165, 1.54) is 12.1 Å². The Morgan fingerprint density at radius 3 is 2.42 bits per heavy atom. The number of carbonyl (C=O) groups is 1. The van der Waals surface area contributed by atoms with Gasteiger partial charge in [0.25, 0.3) is 11.6 Å². The molecule has 2 fully saturated rings. The summed E-state index contributed by atoms with van der Waals surface area (Å²) >= 11 is 0. The van der Waals surface area contributed by atoms with Gasteiger partial charge in [0.15, 0.2) is 0 Å². The third-order valence-electron chi connectivity index (χ3n) is 7.06. The zero-order chi connectivity index (χ0) is 25.1. The first-order chi connectivity index (χ1) is 17.6. The fourth-order valence-corrected chi connectivity index (χ4v) is 5.14. The minimum absolute atomic E-state index is 0.0172. The second-order valence-electron chi connectivity index (χ2n) is 9.10. The van der Waals surface area contributed by atoms with E-state index in [0.717, 1.165) is 43.1 Å². The highest BCUT2D eigenvalue weighted by Crippen LogP contribution is 2.32. The van der Waals surface area contributed by atoms with Crippen LogP contribution in [-0.2, 0) is 0 Å². The molecule has 36 heavy (non-hydrogen) atoms. The van der Waals surface area contributed by atoms with Crippen LogP contribution in [0, 0.1) is 10.1 Å². The number of anilines is 1. The number of non-ortho nitro benzene ring substituents is 1. The molecule has 0 bridgehead atoms. The molecule has 0 saturated carbocycles. The van der Waals surface area contributed by atoms with Crippen molar-refractivity contribution in [2.45, 2.75) is 18.8 Å². The molecule has 1 amide bonds. The van der Waals surface area contributed by atoms with Crippen LogP contribution in [0.5, 0.6) is 5.75 Å². The topological polar surface area (TPSA) is 106 Å². The maximum atomic E-state index is 13.7. The average molecular weight is 491 g/mol. The van der Waals surface area contributed by atoms with Gasteiger partial charge in [-0.2, -0.15) is 5.10 Å². The van der Waals surface area contributed by atoms with Gasteiger partial charge in [-0.15, -0.1) is 0 Å². The summed E-state index contributed by atoms with van der Waals surface area (Å²) in [6, 6.07) is 14.3. The fraction of sp³-hybridized carbons (Fsp3) is 0.385. The first kappa shape index (κ1) is 23.8. The van der Waals surface area contributed by atoms with Crippen molar-refractivity contribution in [1.82, 2.24) is 20.0 Å². The van der Waals surface area contributed by atoms with Crippen molar-refractivity contribution >= 4 is 17.3 Å². The summed E-state index contributed by atoms with van der Waals surface area (Å²) in [6.45, 7) is 4.38. The molecule has 3 aromatic rings. The number of methoxy groups -OCH3 is 1. The van der Waals surface area contributed by atoms with E-state index in [1.807, 2.05) is 29.2 Å². The minimum Gasteiger partial charge on any atom is -0.495 e. The molecule has 188 valence electrons. The molecule has 5 rings (SSSR count). The van der Waals surface area contributed by atoms with Crippen molar-refractivity contribution in [3.8, 4) is 11.4 Å². The number of benzene rings is 2. The SMILES string of the molecule is COc1ccccc1N1CCN(C(=O)c2cnn(-c3ccc([N+](=O)[O-])cc3)c2C2CCNCC2)CC1. The average Bonchev–Trinajstić information content (AvgIpc) is 3.38. The van der Waals surface area contributed by atoms with Crippen molar-refractivity contribution in [1.29, 1.82) is 0 Å². The predicted octanol–water partition coefficient (Wildman–Crippen LogP) is 3.22. The smallest absolute Gasteiger partial charge is 0.269 e. The summed E-state index contributed by atoms with van der Waals surface area (Å²) in [7, 11) is 1.67. The lowest BCUT2D eigenvalue weighted by Crippen LogP contribution is -2.49. The molecule has 1 aromatic heterocycles. The molecule has 10 heteroatoms. The van der Waals surface area contributed by atoms with Crippen LogP contribution in [0.15, 0.2) is 54.7 Å². The highest BCUT2D eigenvalue weighted by molar-refractivity contribution is 5.95. The zero-order valence-corrected chi connectivity index (χ0v) is 20.3. The van der Waals surface area contributed by atoms with Gasteiger partial charge >= 0.3 is 0 Å². The Morgan fingerprint density at radius 1 is 1.06 bits per heavy atom. The normalized spacial score (nSPS) is 16.7. The lowest BCUT2D eigenvalue weighted by atomic mass is 9.91. The van der Waals surface area contributed by atoms with Crippen LogP contribution in [0.25, 0.3) is 5.69 Å². The Kier molecular flexibility index (Phi) is 6.86. The van der Waals surface area contributed by atoms with Crippen molar-refractivity contribution in [3.05, 3.63) is 76.1 Å². The molecule has 2 aromatic carbocycles. The number of nitrogens with zero attached hydrogens (tertiary/aromatic N) is 5. The van der Waals surface area contributed by atoms with Crippen molar-refractivity contribution < 1.29 is 14.5 Å². The monoisotopic (exact) mass is 490 g/mol. The molecule has 2 aliphatic heterocycles. The number of nitrogens with one attached hydrogen (secondary N) is 1. The standard InChI is InChI=1S/C26H30N6O4/c1-36-24-5-3-2-4-23(24)29-14-16-30(17-15-29)26(33)22-18-28-31(25(22)19-10-12-27-13-11-19)20-6-8-21(9-7-20)32(34)35/h2-9,18-19,27H,10-17H2,1H3. The van der Waals surface area contributed by atoms with E-state index in [9.17, 15) is 14.9 Å². The van der Waals surface area contributed by atoms with Gasteiger partial charge in [-0.05, 0) is 50.2 Å². The summed E-state index contributed by atoms with van der Waals surface area (Å²) in [5.41, 5.74) is 3.29. The number of ether oxygens (including phenoxy) is 1. The van der Waals surface area contributed by atoms with E-state index in [-0.39, 0.29) is 17.5 Å². The molecule has 2 saturated heterocycles. The molecule has 3 heterocycles. The minimum atomic E-state index is -0.416. The van der Waals surface area contributed by atoms with Crippen molar-refractivity contribution in [2.24, 2.45) is 0 Å². The third-order valence-corrected chi connectivity index (χ3v) is 7.06. The molecule has 10 nitrogen and oxygen atoms in total. The number of nitro benzene ring substituents is 1. The summed E-state index contributed by atoms with van der Waals surface area (Å²) in [6.07, 6.45) is 3.47. The largest absolute Gasteiger partial charge is 0.495 e. The van der Waals surface area contributed by atoms with Crippen molar-refractivity contribution in [3.63, 3.8) is 0 Å². The van der Waals surface area contributed by atoms with Gasteiger partial charge in [-0.1, -0.05) is 12.1 Å². The zero-order valence-electron chi connectivity index (χ0n) is 20.3. The number of piperazine rings is 1. The van der Waals surface area contributed by atoms with Crippen LogP contribution >= 0.6 is 0 Å². The molecular weight excluding hydrogens is 460 g/mol. The number of aromatic nitrogens is 2. The second kappa shape index (κ2) is 10.4. The number of hydrogen-bond donors (Lipinski definition) is 1. The third kappa shape index (κ3) is 4.64. The van der Waals surface area contributed by atoms with Crippen LogP contribution in [-0.4, -0.2) is 71.9 Å². The van der Waals surface area contributed by atoms with Gasteiger partial charge in [0.05, 0.1) is 40.9 Å². The lowest BCUT2D eigenvalue weighted by Gasteiger charge is -2.37. The number of rotatable bonds is 6. The lowest BCUT2D eigenvalue weighted by molar-refractivity contribution is -0.384. The summed E-state index contributed by atoms with van der Waals surface area (Å²) in [5, 5.41) is 19.1. The van der Waals surface area contributed by atoms with Crippen LogP contribution < -0.4 is 15.0 Å². The predicted molar refractivity (Wildman–Crippen MR) is 136 cm³/mol.